The predicted octanol–water partition coefficient (Wildman–Crippen LogP) is 1.45. The molecule has 0 unspecified atom stereocenters. The zero-order chi connectivity index (χ0) is 16.6. The van der Waals surface area contributed by atoms with Crippen molar-refractivity contribution in [3.63, 3.8) is 0 Å². The van der Waals surface area contributed by atoms with Gasteiger partial charge in [-0.3, -0.25) is 0 Å². The number of nitrogens with zero attached hydrogens (tertiary/aromatic N) is 1. The van der Waals surface area contributed by atoms with Crippen LogP contribution >= 0.6 is 0 Å². The molecule has 0 amide bonds. The van der Waals surface area contributed by atoms with E-state index in [1.807, 2.05) is 4.90 Å². The van der Waals surface area contributed by atoms with Crippen molar-refractivity contribution in [2.75, 3.05) is 18.5 Å². The van der Waals surface area contributed by atoms with Crippen LogP contribution in [0.25, 0.3) is 0 Å². The molecule has 8 heteroatoms. The highest BCUT2D eigenvalue weighted by molar-refractivity contribution is 7.89. The van der Waals surface area contributed by atoms with Gasteiger partial charge in [0.15, 0.2) is 0 Å². The summed E-state index contributed by atoms with van der Waals surface area (Å²) in [4.78, 5) is 13.1. The van der Waals surface area contributed by atoms with Crippen LogP contribution in [0.4, 0.5) is 5.69 Å². The Kier molecular flexibility index (Phi) is 3.87. The number of hydrogen-bond donors (Lipinski definition) is 2. The number of carbonyl (C=O) groups is 1. The number of aromatic carboxylic acids is 1. The summed E-state index contributed by atoms with van der Waals surface area (Å²) < 4.78 is 31.3. The number of anilines is 1. The van der Waals surface area contributed by atoms with Gasteiger partial charge in [0.1, 0.15) is 5.76 Å². The first kappa shape index (κ1) is 15.6. The maximum atomic E-state index is 11.8. The van der Waals surface area contributed by atoms with Crippen LogP contribution in [0.1, 0.15) is 21.9 Å². The van der Waals surface area contributed by atoms with Crippen LogP contribution in [-0.2, 0) is 23.0 Å². The monoisotopic (exact) mass is 336 g/mol. The van der Waals surface area contributed by atoms with Crippen molar-refractivity contribution in [2.45, 2.75) is 17.9 Å². The SMILES string of the molecule is CNS(=O)(=O)c1ccc2c(c1)CCN2Cc1ccc(C(=O)O)o1. The summed E-state index contributed by atoms with van der Waals surface area (Å²) in [5, 5.41) is 8.88. The highest BCUT2D eigenvalue weighted by atomic mass is 32.2. The molecule has 2 aromatic rings. The molecule has 2 N–H and O–H groups in total. The van der Waals surface area contributed by atoms with Gasteiger partial charge in [0.2, 0.25) is 15.8 Å². The quantitative estimate of drug-likeness (QED) is 0.857. The van der Waals surface area contributed by atoms with Gasteiger partial charge >= 0.3 is 5.97 Å². The van der Waals surface area contributed by atoms with Crippen molar-refractivity contribution in [2.24, 2.45) is 0 Å². The van der Waals surface area contributed by atoms with E-state index < -0.39 is 16.0 Å². The van der Waals surface area contributed by atoms with Crippen LogP contribution in [0.15, 0.2) is 39.6 Å². The van der Waals surface area contributed by atoms with Gasteiger partial charge in [-0.25, -0.2) is 17.9 Å². The predicted molar refractivity (Wildman–Crippen MR) is 83.1 cm³/mol. The van der Waals surface area contributed by atoms with Crippen molar-refractivity contribution < 1.29 is 22.7 Å². The molecule has 2 heterocycles. The van der Waals surface area contributed by atoms with Crippen LogP contribution in [0.3, 0.4) is 0 Å². The third kappa shape index (κ3) is 2.95. The topological polar surface area (TPSA) is 99.9 Å². The average Bonchev–Trinajstić information content (AvgIpc) is 3.15. The second-order valence-electron chi connectivity index (χ2n) is 5.24. The third-order valence-corrected chi connectivity index (χ3v) is 5.25. The van der Waals surface area contributed by atoms with E-state index in [0.717, 1.165) is 24.2 Å². The molecule has 3 rings (SSSR count). The Morgan fingerprint density at radius 2 is 2.13 bits per heavy atom. The van der Waals surface area contributed by atoms with E-state index in [1.54, 1.807) is 24.3 Å². The van der Waals surface area contributed by atoms with E-state index in [-0.39, 0.29) is 10.7 Å². The number of nitrogens with one attached hydrogen (secondary N) is 1. The number of benzene rings is 1. The van der Waals surface area contributed by atoms with E-state index in [9.17, 15) is 13.2 Å². The molecule has 0 aliphatic carbocycles. The lowest BCUT2D eigenvalue weighted by atomic mass is 10.2. The molecule has 0 bridgehead atoms. The fraction of sp³-hybridized carbons (Fsp3) is 0.267. The van der Waals surface area contributed by atoms with Gasteiger partial charge in [0.05, 0.1) is 11.4 Å². The summed E-state index contributed by atoms with van der Waals surface area (Å²) in [5.74, 6) is -0.628. The first-order valence-corrected chi connectivity index (χ1v) is 8.52. The van der Waals surface area contributed by atoms with Crippen LogP contribution in [0.2, 0.25) is 0 Å². The maximum Gasteiger partial charge on any atom is 0.371 e. The lowest BCUT2D eigenvalue weighted by Crippen LogP contribution is -2.20. The van der Waals surface area contributed by atoms with Crippen molar-refractivity contribution in [1.29, 1.82) is 0 Å². The van der Waals surface area contributed by atoms with Crippen LogP contribution in [0.5, 0.6) is 0 Å². The standard InChI is InChI=1S/C15H16N2O5S/c1-16-23(20,21)12-3-4-13-10(8-12)6-7-17(13)9-11-2-5-14(22-11)15(18)19/h2-5,8,16H,6-7,9H2,1H3,(H,18,19). The molecular formula is C15H16N2O5S. The number of sulfonamides is 1. The molecule has 0 fully saturated rings. The molecule has 0 saturated carbocycles. The van der Waals surface area contributed by atoms with Crippen LogP contribution in [-0.4, -0.2) is 33.1 Å². The summed E-state index contributed by atoms with van der Waals surface area (Å²) in [7, 11) is -2.07. The van der Waals surface area contributed by atoms with E-state index in [2.05, 4.69) is 4.72 Å². The molecule has 1 aromatic heterocycles. The Labute approximate surface area is 133 Å². The highest BCUT2D eigenvalue weighted by Crippen LogP contribution is 2.31. The Morgan fingerprint density at radius 3 is 2.78 bits per heavy atom. The van der Waals surface area contributed by atoms with Gasteiger partial charge in [0.25, 0.3) is 0 Å². The van der Waals surface area contributed by atoms with Gasteiger partial charge in [-0.15, -0.1) is 0 Å². The third-order valence-electron chi connectivity index (χ3n) is 3.84. The molecule has 0 radical (unpaired) electrons. The minimum Gasteiger partial charge on any atom is -0.475 e. The first-order chi connectivity index (χ1) is 10.9. The molecule has 122 valence electrons. The van der Waals surface area contributed by atoms with E-state index >= 15 is 0 Å². The summed E-state index contributed by atoms with van der Waals surface area (Å²) >= 11 is 0. The van der Waals surface area contributed by atoms with E-state index in [4.69, 9.17) is 9.52 Å². The van der Waals surface area contributed by atoms with Crippen LogP contribution < -0.4 is 9.62 Å². The number of hydrogen-bond acceptors (Lipinski definition) is 5. The number of carboxylic acids is 1. The van der Waals surface area contributed by atoms with Crippen molar-refractivity contribution in [1.82, 2.24) is 4.72 Å². The van der Waals surface area contributed by atoms with Crippen molar-refractivity contribution in [3.05, 3.63) is 47.4 Å². The fourth-order valence-corrected chi connectivity index (χ4v) is 3.44. The highest BCUT2D eigenvalue weighted by Gasteiger charge is 2.23. The minimum atomic E-state index is -3.45. The molecule has 1 aromatic carbocycles. The Balaban J connectivity index is 1.83. The van der Waals surface area contributed by atoms with Gasteiger partial charge in [-0.1, -0.05) is 0 Å². The summed E-state index contributed by atoms with van der Waals surface area (Å²) in [6, 6.07) is 8.08. The molecule has 1 aliphatic rings. The fourth-order valence-electron chi connectivity index (χ4n) is 2.66. The number of carboxylic acid groups (broad SMARTS) is 1. The maximum absolute atomic E-state index is 11.8. The Hall–Kier alpha value is -2.32. The van der Waals surface area contributed by atoms with Crippen molar-refractivity contribution in [3.8, 4) is 0 Å². The van der Waals surface area contributed by atoms with Crippen LogP contribution in [0, 0.1) is 0 Å². The average molecular weight is 336 g/mol. The number of fused-ring (bicyclic) bond motifs is 1. The largest absolute Gasteiger partial charge is 0.475 e. The minimum absolute atomic E-state index is 0.0881. The smallest absolute Gasteiger partial charge is 0.371 e. The lowest BCUT2D eigenvalue weighted by molar-refractivity contribution is 0.0660. The summed E-state index contributed by atoms with van der Waals surface area (Å²) in [6.07, 6.45) is 0.731. The molecule has 23 heavy (non-hydrogen) atoms. The summed E-state index contributed by atoms with van der Waals surface area (Å²) in [6.45, 7) is 1.17. The number of rotatable bonds is 5. The van der Waals surface area contributed by atoms with Gasteiger partial charge < -0.3 is 14.4 Å². The second-order valence-corrected chi connectivity index (χ2v) is 7.13. The lowest BCUT2D eigenvalue weighted by Gasteiger charge is -2.18. The van der Waals surface area contributed by atoms with Crippen molar-refractivity contribution >= 4 is 21.7 Å². The number of furan rings is 1. The van der Waals surface area contributed by atoms with E-state index in [0.29, 0.717) is 12.3 Å². The Morgan fingerprint density at radius 1 is 1.35 bits per heavy atom. The molecule has 0 spiro atoms. The molecule has 0 atom stereocenters. The van der Waals surface area contributed by atoms with Gasteiger partial charge in [-0.2, -0.15) is 0 Å². The zero-order valence-corrected chi connectivity index (χ0v) is 13.3. The van der Waals surface area contributed by atoms with E-state index in [1.165, 1.54) is 13.1 Å². The zero-order valence-electron chi connectivity index (χ0n) is 12.4. The normalized spacial score (nSPS) is 14.0. The van der Waals surface area contributed by atoms with Gasteiger partial charge in [0, 0.05) is 12.2 Å². The molecule has 1 aliphatic heterocycles. The van der Waals surface area contributed by atoms with Gasteiger partial charge in [-0.05, 0) is 49.4 Å². The Bertz CT molecular complexity index is 857. The molecule has 0 saturated heterocycles. The molecule has 7 nitrogen and oxygen atoms in total. The summed E-state index contributed by atoms with van der Waals surface area (Å²) in [5.41, 5.74) is 1.89. The second kappa shape index (κ2) is 5.71. The first-order valence-electron chi connectivity index (χ1n) is 7.04. The molecular weight excluding hydrogens is 320 g/mol.